The van der Waals surface area contributed by atoms with Crippen molar-refractivity contribution in [2.75, 3.05) is 9.80 Å². The first-order valence-electron chi connectivity index (χ1n) is 13.5. The van der Waals surface area contributed by atoms with Crippen molar-refractivity contribution >= 4 is 66.9 Å². The normalized spacial score (nSPS) is 28.9. The maximum absolute atomic E-state index is 14.1. The zero-order chi connectivity index (χ0) is 28.6. The lowest BCUT2D eigenvalue weighted by Gasteiger charge is -2.44. The van der Waals surface area contributed by atoms with Crippen LogP contribution in [0, 0.1) is 29.6 Å². The van der Waals surface area contributed by atoms with Gasteiger partial charge in [0.15, 0.2) is 0 Å². The molecule has 206 valence electrons. The first-order chi connectivity index (χ1) is 19.8. The molecule has 4 amide bonds. The van der Waals surface area contributed by atoms with Gasteiger partial charge in [-0.1, -0.05) is 61.7 Å². The molecule has 3 aromatic carbocycles. The molecular weight excluding hydrogens is 652 g/mol. The number of hydrogen-bond acceptors (Lipinski definition) is 5. The van der Waals surface area contributed by atoms with Crippen LogP contribution in [-0.4, -0.2) is 28.7 Å². The van der Waals surface area contributed by atoms with Gasteiger partial charge in [-0.25, -0.2) is 0 Å². The van der Waals surface area contributed by atoms with E-state index in [-0.39, 0.29) is 35.8 Å². The first-order valence-corrected chi connectivity index (χ1v) is 15.1. The first kappa shape index (κ1) is 26.3. The number of fused-ring (bicyclic) bond motifs is 4. The molecule has 1 N–H and O–H groups in total. The molecule has 2 aliphatic carbocycles. The Morgan fingerprint density at radius 1 is 0.634 bits per heavy atom. The van der Waals surface area contributed by atoms with Crippen molar-refractivity contribution in [3.63, 3.8) is 0 Å². The van der Waals surface area contributed by atoms with E-state index in [2.05, 4.69) is 31.9 Å². The molecular formula is C32H24Br2N2O5. The van der Waals surface area contributed by atoms with E-state index in [0.717, 1.165) is 14.5 Å². The Labute approximate surface area is 253 Å². The van der Waals surface area contributed by atoms with E-state index < -0.39 is 35.5 Å². The zero-order valence-electron chi connectivity index (χ0n) is 21.6. The second kappa shape index (κ2) is 9.77. The summed E-state index contributed by atoms with van der Waals surface area (Å²) in [5.41, 5.74) is 2.40. The van der Waals surface area contributed by atoms with Crippen LogP contribution in [-0.2, 0) is 19.2 Å². The number of carbonyl (C=O) groups is 4. The van der Waals surface area contributed by atoms with E-state index in [9.17, 15) is 24.3 Å². The lowest BCUT2D eigenvalue weighted by atomic mass is 9.57. The van der Waals surface area contributed by atoms with Gasteiger partial charge in [0.05, 0.1) is 35.0 Å². The number of phenolic OH excluding ortho intramolecular Hbond substituents is 1. The van der Waals surface area contributed by atoms with Gasteiger partial charge in [0, 0.05) is 20.4 Å². The average Bonchev–Trinajstić information content (AvgIpc) is 3.37. The molecule has 1 saturated carbocycles. The van der Waals surface area contributed by atoms with Crippen LogP contribution in [0.3, 0.4) is 0 Å². The lowest BCUT2D eigenvalue weighted by molar-refractivity contribution is -0.126. The number of aromatic hydroxyl groups is 1. The Balaban J connectivity index is 1.33. The number of hydrogen-bond donors (Lipinski definition) is 1. The Morgan fingerprint density at radius 2 is 1.17 bits per heavy atom. The van der Waals surface area contributed by atoms with E-state index in [1.54, 1.807) is 72.8 Å². The topological polar surface area (TPSA) is 95.0 Å². The molecule has 2 heterocycles. The highest BCUT2D eigenvalue weighted by atomic mass is 79.9. The number of halogens is 2. The average molecular weight is 676 g/mol. The quantitative estimate of drug-likeness (QED) is 0.273. The molecule has 41 heavy (non-hydrogen) atoms. The molecule has 0 bridgehead atoms. The summed E-state index contributed by atoms with van der Waals surface area (Å²) in [6, 6.07) is 20.9. The Morgan fingerprint density at radius 3 is 1.76 bits per heavy atom. The van der Waals surface area contributed by atoms with E-state index in [0.29, 0.717) is 23.4 Å². The summed E-state index contributed by atoms with van der Waals surface area (Å²) in [5.74, 6) is -4.75. The molecule has 4 aliphatic rings. The fraction of sp³-hybridized carbons (Fsp3) is 0.250. The smallest absolute Gasteiger partial charge is 0.238 e. The molecule has 2 aliphatic heterocycles. The summed E-state index contributed by atoms with van der Waals surface area (Å²) in [7, 11) is 0. The van der Waals surface area contributed by atoms with Gasteiger partial charge in [-0.05, 0) is 73.4 Å². The van der Waals surface area contributed by atoms with Gasteiger partial charge in [0.1, 0.15) is 5.75 Å². The number of allylic oxidation sites excluding steroid dienone is 2. The van der Waals surface area contributed by atoms with Crippen molar-refractivity contribution in [1.29, 1.82) is 0 Å². The summed E-state index contributed by atoms with van der Waals surface area (Å²) in [6.45, 7) is 0. The minimum Gasteiger partial charge on any atom is -0.508 e. The van der Waals surface area contributed by atoms with Gasteiger partial charge >= 0.3 is 0 Å². The number of nitrogens with zero attached hydrogens (tertiary/aromatic N) is 2. The predicted molar refractivity (Wildman–Crippen MR) is 159 cm³/mol. The van der Waals surface area contributed by atoms with Crippen molar-refractivity contribution < 1.29 is 24.3 Å². The summed E-state index contributed by atoms with van der Waals surface area (Å²) in [6.07, 6.45) is 2.62. The summed E-state index contributed by atoms with van der Waals surface area (Å²) in [4.78, 5) is 58.2. The van der Waals surface area contributed by atoms with Gasteiger partial charge in [-0.3, -0.25) is 29.0 Å². The summed E-state index contributed by atoms with van der Waals surface area (Å²) in [5, 5.41) is 11.0. The minimum atomic E-state index is -0.728. The Kier molecular flexibility index (Phi) is 6.28. The van der Waals surface area contributed by atoms with Gasteiger partial charge in [0.25, 0.3) is 0 Å². The number of rotatable bonds is 3. The Hall–Kier alpha value is -3.56. The van der Waals surface area contributed by atoms with Crippen LogP contribution in [0.25, 0.3) is 0 Å². The molecule has 6 unspecified atom stereocenters. The van der Waals surface area contributed by atoms with Crippen LogP contribution in [0.1, 0.15) is 24.3 Å². The molecule has 2 saturated heterocycles. The standard InChI is InChI=1S/C32H24Br2N2O5/c33-16-5-9-18(10-6-16)35-29(38)22-14-13-20-23(27(22)31(35)40)15-24-28(26(20)21-3-1-2-4-25(21)37)32(41)36(30(24)39)19-11-7-17(34)8-12-19/h1-13,22-24,26-28,37H,14-15H2. The van der Waals surface area contributed by atoms with Crippen molar-refractivity contribution in [2.24, 2.45) is 29.6 Å². The molecule has 3 aromatic rings. The van der Waals surface area contributed by atoms with Gasteiger partial charge < -0.3 is 5.11 Å². The highest BCUT2D eigenvalue weighted by molar-refractivity contribution is 9.10. The van der Waals surface area contributed by atoms with E-state index in [1.807, 2.05) is 6.08 Å². The van der Waals surface area contributed by atoms with Gasteiger partial charge in [-0.2, -0.15) is 0 Å². The minimum absolute atomic E-state index is 0.0348. The number of benzene rings is 3. The molecule has 7 nitrogen and oxygen atoms in total. The zero-order valence-corrected chi connectivity index (χ0v) is 24.8. The third kappa shape index (κ3) is 3.96. The SMILES string of the molecule is O=C1C2CC=C3C(CC4C(=O)N(c5ccc(Br)cc5)C(=O)C4C3c3ccccc3O)C2C(=O)N1c1ccc(Br)cc1. The van der Waals surface area contributed by atoms with Crippen LogP contribution < -0.4 is 9.80 Å². The monoisotopic (exact) mass is 674 g/mol. The van der Waals surface area contributed by atoms with Crippen molar-refractivity contribution in [3.05, 3.63) is 99.0 Å². The van der Waals surface area contributed by atoms with Crippen LogP contribution in [0.2, 0.25) is 0 Å². The summed E-state index contributed by atoms with van der Waals surface area (Å²) >= 11 is 6.81. The molecule has 3 fully saturated rings. The third-order valence-corrected chi connectivity index (χ3v) is 10.1. The second-order valence-corrected chi connectivity index (χ2v) is 12.9. The van der Waals surface area contributed by atoms with E-state index in [4.69, 9.17) is 0 Å². The number of para-hydroxylation sites is 1. The molecule has 9 heteroatoms. The number of carbonyl (C=O) groups excluding carboxylic acids is 4. The number of phenols is 1. The van der Waals surface area contributed by atoms with Crippen LogP contribution in [0.4, 0.5) is 11.4 Å². The van der Waals surface area contributed by atoms with E-state index >= 15 is 0 Å². The van der Waals surface area contributed by atoms with Crippen LogP contribution in [0.15, 0.2) is 93.4 Å². The second-order valence-electron chi connectivity index (χ2n) is 11.1. The maximum atomic E-state index is 14.1. The van der Waals surface area contributed by atoms with Crippen LogP contribution >= 0.6 is 31.9 Å². The van der Waals surface area contributed by atoms with Gasteiger partial charge in [0.2, 0.25) is 23.6 Å². The maximum Gasteiger partial charge on any atom is 0.238 e. The molecule has 0 radical (unpaired) electrons. The molecule has 6 atom stereocenters. The highest BCUT2D eigenvalue weighted by Crippen LogP contribution is 2.59. The fourth-order valence-electron chi connectivity index (χ4n) is 7.38. The lowest BCUT2D eigenvalue weighted by Crippen LogP contribution is -2.43. The van der Waals surface area contributed by atoms with E-state index in [1.165, 1.54) is 9.80 Å². The van der Waals surface area contributed by atoms with Crippen molar-refractivity contribution in [1.82, 2.24) is 0 Å². The van der Waals surface area contributed by atoms with Crippen LogP contribution in [0.5, 0.6) is 5.75 Å². The predicted octanol–water partition coefficient (Wildman–Crippen LogP) is 5.96. The molecule has 0 spiro atoms. The summed E-state index contributed by atoms with van der Waals surface area (Å²) < 4.78 is 1.66. The Bertz CT molecular complexity index is 1650. The highest BCUT2D eigenvalue weighted by Gasteiger charge is 2.62. The number of imide groups is 2. The number of amides is 4. The molecule has 0 aromatic heterocycles. The van der Waals surface area contributed by atoms with Gasteiger partial charge in [-0.15, -0.1) is 0 Å². The van der Waals surface area contributed by atoms with Crippen molar-refractivity contribution in [3.8, 4) is 5.75 Å². The fourth-order valence-corrected chi connectivity index (χ4v) is 7.91. The van der Waals surface area contributed by atoms with Crippen molar-refractivity contribution in [2.45, 2.75) is 18.8 Å². The third-order valence-electron chi connectivity index (χ3n) is 9.09. The number of anilines is 2. The molecule has 7 rings (SSSR count). The largest absolute Gasteiger partial charge is 0.508 e.